The zero-order chi connectivity index (χ0) is 39.3. The third-order valence-corrected chi connectivity index (χ3v) is 25.4. The van der Waals surface area contributed by atoms with E-state index in [0.29, 0.717) is 13.0 Å². The molecule has 17 aliphatic rings. The number of unbranched alkanes of at least 4 members (excludes halogenated alkanes) is 3. The zero-order valence-corrected chi connectivity index (χ0v) is 36.1. The molecule has 2 heteroatoms. The predicted molar refractivity (Wildman–Crippen MR) is 236 cm³/mol. The van der Waals surface area contributed by atoms with Crippen LogP contribution < -0.4 is 0 Å². The Morgan fingerprint density at radius 3 is 1.90 bits per heavy atom. The standard InChI is InChI=1S/C59H64O2/c1-3-5-6-7-23-61-34(60)9-8-22-59(25-12-10-24(4-2)11-13-25)57-43-32-20-18-30-28-16-14-26-27-15-17-29-31-19-21-33-42-40(31)47-38(29)36(27)45-35(26)37(28)46-39(30)41(32)48-50(43)51(44(33)58(57)59)49(42)56-54(47)52(45)53(46)55(48)56/h4,10-18,20,26-33,35-44,47-51,54-58H,2-3,5-9,19,21-23H2,1H3. The minimum Gasteiger partial charge on any atom is -0.466 e. The number of ether oxygens (including phenoxy) is 1. The van der Waals surface area contributed by atoms with Gasteiger partial charge in [-0.1, -0.05) is 111 Å². The van der Waals surface area contributed by atoms with E-state index in [9.17, 15) is 4.79 Å². The van der Waals surface area contributed by atoms with Crippen molar-refractivity contribution in [3.8, 4) is 0 Å². The summed E-state index contributed by atoms with van der Waals surface area (Å²) in [5, 5.41) is 0. The molecule has 11 fully saturated rings. The summed E-state index contributed by atoms with van der Waals surface area (Å²) in [6.07, 6.45) is 30.0. The van der Waals surface area contributed by atoms with Crippen LogP contribution in [0.5, 0.6) is 0 Å². The second-order valence-electron chi connectivity index (χ2n) is 25.4. The maximum atomic E-state index is 13.5. The van der Waals surface area contributed by atoms with Crippen LogP contribution >= 0.6 is 0 Å². The van der Waals surface area contributed by atoms with E-state index >= 15 is 0 Å². The molecule has 29 atom stereocenters. The zero-order valence-electron chi connectivity index (χ0n) is 36.1. The highest BCUT2D eigenvalue weighted by molar-refractivity contribution is 5.69. The van der Waals surface area contributed by atoms with Crippen LogP contribution in [-0.2, 0) is 14.9 Å². The van der Waals surface area contributed by atoms with Gasteiger partial charge in [0.25, 0.3) is 0 Å². The van der Waals surface area contributed by atoms with Gasteiger partial charge in [-0.3, -0.25) is 4.79 Å². The van der Waals surface area contributed by atoms with Crippen molar-refractivity contribution >= 4 is 12.0 Å². The summed E-state index contributed by atoms with van der Waals surface area (Å²) in [6.45, 7) is 7.06. The maximum Gasteiger partial charge on any atom is 0.305 e. The number of allylic oxidation sites excluding steroid dienone is 10. The normalized spacial score (nSPS) is 60.8. The molecule has 0 saturated heterocycles. The number of hydrogen-bond acceptors (Lipinski definition) is 2. The van der Waals surface area contributed by atoms with Gasteiger partial charge in [0.05, 0.1) is 6.61 Å². The van der Waals surface area contributed by atoms with Crippen molar-refractivity contribution in [2.45, 2.75) is 70.1 Å². The van der Waals surface area contributed by atoms with Gasteiger partial charge in [0.2, 0.25) is 0 Å². The Hall–Kier alpha value is -2.87. The van der Waals surface area contributed by atoms with Crippen LogP contribution in [0.3, 0.4) is 0 Å². The van der Waals surface area contributed by atoms with E-state index in [-0.39, 0.29) is 11.4 Å². The molecular formula is C59H64O2. The Labute approximate surface area is 363 Å². The smallest absolute Gasteiger partial charge is 0.305 e. The first-order chi connectivity index (χ1) is 30.2. The summed E-state index contributed by atoms with van der Waals surface area (Å²) in [4.78, 5) is 13.5. The number of hydrogen-bond donors (Lipinski definition) is 0. The van der Waals surface area contributed by atoms with Gasteiger partial charge in [-0.05, 0) is 220 Å². The van der Waals surface area contributed by atoms with E-state index in [1.54, 1.807) is 5.56 Å². The van der Waals surface area contributed by atoms with E-state index in [4.69, 9.17) is 4.74 Å². The lowest BCUT2D eigenvalue weighted by Crippen LogP contribution is -2.56. The Morgan fingerprint density at radius 1 is 0.590 bits per heavy atom. The number of carbonyl (C=O) groups is 1. The molecule has 11 saturated carbocycles. The van der Waals surface area contributed by atoms with Crippen LogP contribution in [-0.4, -0.2) is 12.6 Å². The third kappa shape index (κ3) is 3.25. The first-order valence-corrected chi connectivity index (χ1v) is 26.6. The summed E-state index contributed by atoms with van der Waals surface area (Å²) in [6, 6.07) is 9.96. The molecule has 0 radical (unpaired) electrons. The highest BCUT2D eigenvalue weighted by Crippen LogP contribution is 2.93. The van der Waals surface area contributed by atoms with Gasteiger partial charge in [0.15, 0.2) is 0 Å². The van der Waals surface area contributed by atoms with Gasteiger partial charge >= 0.3 is 5.97 Å². The fourth-order valence-electron chi connectivity index (χ4n) is 25.5. The molecule has 17 aliphatic carbocycles. The second kappa shape index (κ2) is 10.6. The van der Waals surface area contributed by atoms with Gasteiger partial charge in [0, 0.05) is 11.8 Å². The summed E-state index contributed by atoms with van der Waals surface area (Å²) in [5.74, 6) is 24.7. The van der Waals surface area contributed by atoms with E-state index in [2.05, 4.69) is 96.5 Å². The van der Waals surface area contributed by atoms with Gasteiger partial charge in [-0.2, -0.15) is 0 Å². The summed E-state index contributed by atoms with van der Waals surface area (Å²) >= 11 is 0. The largest absolute Gasteiger partial charge is 0.466 e. The molecule has 0 N–H and O–H groups in total. The topological polar surface area (TPSA) is 26.3 Å². The maximum absolute atomic E-state index is 13.5. The van der Waals surface area contributed by atoms with Crippen LogP contribution in [0.2, 0.25) is 0 Å². The average molecular weight is 805 g/mol. The fraction of sp³-hybridized carbons (Fsp3) is 0.678. The average Bonchev–Trinajstić information content (AvgIpc) is 3.90. The van der Waals surface area contributed by atoms with E-state index in [0.717, 1.165) is 179 Å². The van der Waals surface area contributed by atoms with Crippen LogP contribution in [0.25, 0.3) is 6.08 Å². The number of esters is 1. The molecule has 0 aliphatic heterocycles. The molecule has 2 nitrogen and oxygen atoms in total. The highest BCUT2D eigenvalue weighted by atomic mass is 16.5. The van der Waals surface area contributed by atoms with E-state index in [1.165, 1.54) is 44.1 Å². The van der Waals surface area contributed by atoms with Crippen LogP contribution in [0.15, 0.2) is 89.6 Å². The van der Waals surface area contributed by atoms with Gasteiger partial charge in [-0.25, -0.2) is 0 Å². The molecule has 0 heterocycles. The lowest BCUT2D eigenvalue weighted by atomic mass is 9.44. The van der Waals surface area contributed by atoms with Crippen LogP contribution in [0.1, 0.15) is 75.8 Å². The van der Waals surface area contributed by atoms with Crippen molar-refractivity contribution in [3.05, 3.63) is 101 Å². The second-order valence-corrected chi connectivity index (χ2v) is 25.4. The van der Waals surface area contributed by atoms with Crippen molar-refractivity contribution in [2.24, 2.45) is 166 Å². The highest BCUT2D eigenvalue weighted by Gasteiger charge is 2.89. The molecule has 61 heavy (non-hydrogen) atoms. The van der Waals surface area contributed by atoms with Crippen molar-refractivity contribution in [3.63, 3.8) is 0 Å². The Kier molecular flexibility index (Phi) is 5.86. The molecule has 1 aromatic carbocycles. The van der Waals surface area contributed by atoms with E-state index < -0.39 is 0 Å². The van der Waals surface area contributed by atoms with Crippen LogP contribution in [0, 0.1) is 166 Å². The van der Waals surface area contributed by atoms with Crippen molar-refractivity contribution < 1.29 is 9.53 Å². The Balaban J connectivity index is 0.844. The number of rotatable bonds is 11. The molecule has 18 rings (SSSR count). The summed E-state index contributed by atoms with van der Waals surface area (Å²) < 4.78 is 5.94. The molecule has 29 unspecified atom stereocenters. The first kappa shape index (κ1) is 33.6. The minimum absolute atomic E-state index is 0.0616. The number of benzene rings is 1. The van der Waals surface area contributed by atoms with Gasteiger partial charge in [0.1, 0.15) is 0 Å². The van der Waals surface area contributed by atoms with Crippen molar-refractivity contribution in [2.75, 3.05) is 6.61 Å². The molecule has 0 bridgehead atoms. The molecule has 0 aromatic heterocycles. The minimum atomic E-state index is 0.0616. The third-order valence-electron chi connectivity index (χ3n) is 25.4. The molecule has 1 aromatic rings. The van der Waals surface area contributed by atoms with Crippen LogP contribution in [0.4, 0.5) is 0 Å². The first-order valence-electron chi connectivity index (χ1n) is 26.6. The predicted octanol–water partition coefficient (Wildman–Crippen LogP) is 11.4. The quantitative estimate of drug-likeness (QED) is 0.127. The monoisotopic (exact) mass is 804 g/mol. The summed E-state index contributed by atoms with van der Waals surface area (Å²) in [7, 11) is 0. The molecule has 0 spiro atoms. The fourth-order valence-corrected chi connectivity index (χ4v) is 25.5. The van der Waals surface area contributed by atoms with E-state index in [1.807, 2.05) is 6.08 Å². The van der Waals surface area contributed by atoms with Crippen molar-refractivity contribution in [1.82, 2.24) is 0 Å². The molecule has 0 amide bonds. The Bertz CT molecular complexity index is 2440. The number of fused-ring (bicyclic) bond motifs is 8. The number of carbonyl (C=O) groups excluding carboxylic acids is 1. The van der Waals surface area contributed by atoms with Gasteiger partial charge < -0.3 is 4.74 Å². The van der Waals surface area contributed by atoms with Gasteiger partial charge in [-0.15, -0.1) is 0 Å². The lowest BCUT2D eigenvalue weighted by Gasteiger charge is -2.60. The molecule has 312 valence electrons. The lowest BCUT2D eigenvalue weighted by molar-refractivity contribution is -0.143. The SMILES string of the molecule is C=Cc1ccc(C2(CCCC(=O)OCCCCCC)C3C4C5C=CC6C7C=CC8C9C=CC%10C%11CCC%12C%13C%11C%11C%14C%15=C(C8C7C7=C%15C8C%14C%13C(C4C8C5C76)C%12C32)C9C%10%11)cc1. The van der Waals surface area contributed by atoms with Crippen molar-refractivity contribution in [1.29, 1.82) is 0 Å². The Morgan fingerprint density at radius 2 is 1.18 bits per heavy atom. The summed E-state index contributed by atoms with van der Waals surface area (Å²) in [5.41, 5.74) is 11.7. The molecular weight excluding hydrogens is 741 g/mol.